The third-order valence-corrected chi connectivity index (χ3v) is 10.6. The van der Waals surface area contributed by atoms with E-state index in [1.165, 1.54) is 6.92 Å². The lowest BCUT2D eigenvalue weighted by molar-refractivity contribution is -0.362. The number of alkyl halides is 5. The Balaban J connectivity index is 1.36. The number of halogens is 5. The number of nitrogens with zero attached hydrogens (tertiary/aromatic N) is 1. The number of allylic oxidation sites excluding steroid dienone is 4. The van der Waals surface area contributed by atoms with Gasteiger partial charge in [0.2, 0.25) is 0 Å². The summed E-state index contributed by atoms with van der Waals surface area (Å²) in [5, 5.41) is 14.8. The molecule has 0 aliphatic heterocycles. The Hall–Kier alpha value is -2.91. The molecule has 4 aliphatic rings. The lowest BCUT2D eigenvalue weighted by atomic mass is 9.50. The van der Waals surface area contributed by atoms with Crippen molar-refractivity contribution >= 4 is 5.78 Å². The molecule has 1 aromatic heterocycles. The third-order valence-electron chi connectivity index (χ3n) is 10.6. The van der Waals surface area contributed by atoms with Gasteiger partial charge in [-0.1, -0.05) is 36.8 Å². The van der Waals surface area contributed by atoms with Crippen LogP contribution in [0.1, 0.15) is 74.5 Å². The summed E-state index contributed by atoms with van der Waals surface area (Å²) in [5.41, 5.74) is 1.20. The highest BCUT2D eigenvalue weighted by atomic mass is 19.4. The number of carbonyl (C=O) groups is 1. The van der Waals surface area contributed by atoms with E-state index in [-0.39, 0.29) is 24.5 Å². The van der Waals surface area contributed by atoms with Gasteiger partial charge in [-0.3, -0.25) is 9.78 Å². The molecule has 0 bridgehead atoms. The molecule has 2 saturated carbocycles. The average molecular weight is 587 g/mol. The van der Waals surface area contributed by atoms with Gasteiger partial charge in [-0.25, -0.2) is 0 Å². The van der Waals surface area contributed by atoms with E-state index in [4.69, 9.17) is 0 Å². The second-order valence-electron chi connectivity index (χ2n) is 12.7. The molecule has 2 unspecified atom stereocenters. The van der Waals surface area contributed by atoms with E-state index in [1.807, 2.05) is 36.4 Å². The minimum atomic E-state index is -5.86. The summed E-state index contributed by atoms with van der Waals surface area (Å²) >= 11 is 0. The Morgan fingerprint density at radius 3 is 2.29 bits per heavy atom. The van der Waals surface area contributed by atoms with Gasteiger partial charge < -0.3 is 10.4 Å². The molecule has 0 radical (unpaired) electrons. The standard InChI is InChI=1S/C33H35F5N2O2/c1-30-17-27(22-4-2-20(3-5-22)18-40-19-21-11-14-39-15-12-21)29-25-9-7-24(41)16-23(25)6-8-26(29)28(30)10-13-31(30,42)32(34,35)33(36,37)38/h2-5,11-12,14-16,26-28,40,42H,6-10,13,17-19H2,1H3/t26?,27-,28?,30+,31+/m1/s1. The Morgan fingerprint density at radius 1 is 0.952 bits per heavy atom. The van der Waals surface area contributed by atoms with Gasteiger partial charge in [-0.15, -0.1) is 0 Å². The fourth-order valence-corrected chi connectivity index (χ4v) is 8.43. The Labute approximate surface area is 242 Å². The van der Waals surface area contributed by atoms with E-state index in [0.717, 1.165) is 33.4 Å². The van der Waals surface area contributed by atoms with Crippen molar-refractivity contribution in [2.45, 2.75) is 88.6 Å². The maximum absolute atomic E-state index is 15.2. The first-order chi connectivity index (χ1) is 19.9. The van der Waals surface area contributed by atoms with Crippen LogP contribution in [0.3, 0.4) is 0 Å². The number of hydrogen-bond acceptors (Lipinski definition) is 4. The van der Waals surface area contributed by atoms with Crippen LogP contribution in [0.25, 0.3) is 0 Å². The molecule has 2 N–H and O–H groups in total. The predicted octanol–water partition coefficient (Wildman–Crippen LogP) is 7.20. The maximum Gasteiger partial charge on any atom is 0.456 e. The molecule has 2 aromatic rings. The molecule has 42 heavy (non-hydrogen) atoms. The highest BCUT2D eigenvalue weighted by Crippen LogP contribution is 2.70. The number of hydrogen-bond donors (Lipinski definition) is 2. The van der Waals surface area contributed by atoms with Crippen LogP contribution >= 0.6 is 0 Å². The van der Waals surface area contributed by atoms with Crippen molar-refractivity contribution in [3.8, 4) is 0 Å². The minimum absolute atomic E-state index is 0.0178. The average Bonchev–Trinajstić information content (AvgIpc) is 3.24. The van der Waals surface area contributed by atoms with Crippen LogP contribution in [0.15, 0.2) is 71.6 Å². The van der Waals surface area contributed by atoms with E-state index in [1.54, 1.807) is 18.5 Å². The van der Waals surface area contributed by atoms with Crippen LogP contribution in [-0.2, 0) is 17.9 Å². The molecule has 0 saturated heterocycles. The summed E-state index contributed by atoms with van der Waals surface area (Å²) in [6.07, 6.45) is 0.849. The van der Waals surface area contributed by atoms with Crippen molar-refractivity contribution < 1.29 is 31.9 Å². The number of nitrogens with one attached hydrogen (secondary N) is 1. The van der Waals surface area contributed by atoms with Crippen LogP contribution < -0.4 is 5.32 Å². The fraction of sp³-hybridized carbons (Fsp3) is 0.515. The molecule has 9 heteroatoms. The lowest BCUT2D eigenvalue weighted by Crippen LogP contribution is -2.65. The van der Waals surface area contributed by atoms with Crippen molar-refractivity contribution in [3.05, 3.63) is 88.3 Å². The number of rotatable bonds is 6. The van der Waals surface area contributed by atoms with E-state index >= 15 is 8.78 Å². The lowest BCUT2D eigenvalue weighted by Gasteiger charge is -2.56. The van der Waals surface area contributed by atoms with Gasteiger partial charge in [0.1, 0.15) is 5.60 Å². The van der Waals surface area contributed by atoms with E-state index in [2.05, 4.69) is 10.3 Å². The smallest absolute Gasteiger partial charge is 0.383 e. The van der Waals surface area contributed by atoms with Crippen LogP contribution in [0.4, 0.5) is 22.0 Å². The van der Waals surface area contributed by atoms with E-state index in [0.29, 0.717) is 38.8 Å². The maximum atomic E-state index is 15.2. The molecule has 5 atom stereocenters. The van der Waals surface area contributed by atoms with Crippen molar-refractivity contribution in [3.63, 3.8) is 0 Å². The molecule has 4 nitrogen and oxygen atoms in total. The van der Waals surface area contributed by atoms with E-state index < -0.39 is 41.4 Å². The van der Waals surface area contributed by atoms with E-state index in [9.17, 15) is 23.1 Å². The van der Waals surface area contributed by atoms with Crippen LogP contribution in [-0.4, -0.2) is 33.6 Å². The number of carbonyl (C=O) groups excluding carboxylic acids is 1. The quantitative estimate of drug-likeness (QED) is 0.352. The number of aromatic nitrogens is 1. The number of benzene rings is 1. The van der Waals surface area contributed by atoms with Gasteiger partial charge in [0.15, 0.2) is 5.78 Å². The van der Waals surface area contributed by atoms with Gasteiger partial charge in [-0.05, 0) is 96.4 Å². The second kappa shape index (κ2) is 10.4. The largest absolute Gasteiger partial charge is 0.456 e. The molecule has 224 valence electrons. The van der Waals surface area contributed by atoms with Gasteiger partial charge in [0.25, 0.3) is 0 Å². The Morgan fingerprint density at radius 2 is 1.62 bits per heavy atom. The monoisotopic (exact) mass is 586 g/mol. The SMILES string of the molecule is C[C@]12C[C@H](c3ccc(CNCc4ccncc4)cc3)C3=C4CCC(=O)C=C4CCC3C1CC[C@@]2(O)C(F)(F)C(F)(F)F. The summed E-state index contributed by atoms with van der Waals surface area (Å²) in [4.78, 5) is 16.3. The first kappa shape index (κ1) is 29.2. The predicted molar refractivity (Wildman–Crippen MR) is 147 cm³/mol. The topological polar surface area (TPSA) is 62.2 Å². The fourth-order valence-electron chi connectivity index (χ4n) is 8.43. The van der Waals surface area contributed by atoms with Crippen molar-refractivity contribution in [2.75, 3.05) is 0 Å². The summed E-state index contributed by atoms with van der Waals surface area (Å²) < 4.78 is 71.6. The normalized spacial score (nSPS) is 31.4. The number of pyridine rings is 1. The first-order valence-electron chi connectivity index (χ1n) is 14.7. The van der Waals surface area contributed by atoms with Gasteiger partial charge >= 0.3 is 12.1 Å². The number of aliphatic hydroxyl groups is 1. The van der Waals surface area contributed by atoms with Crippen molar-refractivity contribution in [2.24, 2.45) is 17.3 Å². The first-order valence-corrected chi connectivity index (χ1v) is 14.7. The molecule has 0 amide bonds. The molecule has 1 aromatic carbocycles. The zero-order valence-corrected chi connectivity index (χ0v) is 23.5. The third kappa shape index (κ3) is 4.55. The Bertz CT molecular complexity index is 1420. The van der Waals surface area contributed by atoms with Gasteiger partial charge in [0.05, 0.1) is 0 Å². The molecular formula is C33H35F5N2O2. The zero-order valence-electron chi connectivity index (χ0n) is 23.5. The molecule has 4 aliphatic carbocycles. The second-order valence-corrected chi connectivity index (χ2v) is 12.7. The van der Waals surface area contributed by atoms with Gasteiger partial charge in [0, 0.05) is 43.2 Å². The van der Waals surface area contributed by atoms with Crippen LogP contribution in [0, 0.1) is 17.3 Å². The number of ketones is 1. The highest BCUT2D eigenvalue weighted by molar-refractivity contribution is 5.93. The van der Waals surface area contributed by atoms with Gasteiger partial charge in [-0.2, -0.15) is 22.0 Å². The summed E-state index contributed by atoms with van der Waals surface area (Å²) in [6.45, 7) is 2.70. The highest BCUT2D eigenvalue weighted by Gasteiger charge is 2.79. The minimum Gasteiger partial charge on any atom is -0.383 e. The Kier molecular flexibility index (Phi) is 7.20. The summed E-state index contributed by atoms with van der Waals surface area (Å²) in [6, 6.07) is 11.6. The summed E-state index contributed by atoms with van der Waals surface area (Å²) in [5.74, 6) is -6.34. The molecule has 6 rings (SSSR count). The molecule has 2 fully saturated rings. The molecular weight excluding hydrogens is 551 g/mol. The molecule has 1 heterocycles. The molecule has 0 spiro atoms. The van der Waals surface area contributed by atoms with Crippen LogP contribution in [0.2, 0.25) is 0 Å². The van der Waals surface area contributed by atoms with Crippen molar-refractivity contribution in [1.82, 2.24) is 10.3 Å². The van der Waals surface area contributed by atoms with Crippen molar-refractivity contribution in [1.29, 1.82) is 0 Å². The number of fused-ring (bicyclic) bond motifs is 4. The van der Waals surface area contributed by atoms with Crippen LogP contribution in [0.5, 0.6) is 0 Å². The summed E-state index contributed by atoms with van der Waals surface area (Å²) in [7, 11) is 0. The zero-order chi connectivity index (χ0) is 29.9.